The van der Waals surface area contributed by atoms with Crippen LogP contribution in [0.25, 0.3) is 10.9 Å². The average Bonchev–Trinajstić information content (AvgIpc) is 3.41. The molecular formula is C30H42N8O2. The number of likely N-dealkylation sites (tertiary alicyclic amines) is 1. The Labute approximate surface area is 236 Å². The van der Waals surface area contributed by atoms with Crippen molar-refractivity contribution in [3.8, 4) is 0 Å². The molecule has 2 saturated heterocycles. The molecule has 214 valence electrons. The smallest absolute Gasteiger partial charge is 0.324 e. The molecule has 2 aliphatic heterocycles. The van der Waals surface area contributed by atoms with Gasteiger partial charge in [-0.25, -0.2) is 9.78 Å². The summed E-state index contributed by atoms with van der Waals surface area (Å²) in [6, 6.07) is 10.5. The number of rotatable bonds is 7. The summed E-state index contributed by atoms with van der Waals surface area (Å²) in [5.74, 6) is 1.01. The zero-order chi connectivity index (χ0) is 28.2. The first-order chi connectivity index (χ1) is 19.4. The van der Waals surface area contributed by atoms with Gasteiger partial charge in [-0.1, -0.05) is 0 Å². The number of benzene rings is 1. The predicted molar refractivity (Wildman–Crippen MR) is 161 cm³/mol. The van der Waals surface area contributed by atoms with Crippen molar-refractivity contribution in [3.63, 3.8) is 0 Å². The molecule has 3 N–H and O–H groups in total. The van der Waals surface area contributed by atoms with Gasteiger partial charge in [0.1, 0.15) is 0 Å². The first kappa shape index (κ1) is 27.8. The third-order valence-corrected chi connectivity index (χ3v) is 7.99. The van der Waals surface area contributed by atoms with Gasteiger partial charge in [-0.15, -0.1) is 0 Å². The molecule has 1 aromatic carbocycles. The molecule has 0 aliphatic carbocycles. The van der Waals surface area contributed by atoms with Gasteiger partial charge in [0.25, 0.3) is 5.91 Å². The number of urea groups is 1. The fourth-order valence-electron chi connectivity index (χ4n) is 5.85. The number of anilines is 3. The van der Waals surface area contributed by atoms with Gasteiger partial charge in [0.2, 0.25) is 0 Å². The van der Waals surface area contributed by atoms with E-state index in [0.29, 0.717) is 43.8 Å². The Bertz CT molecular complexity index is 1320. The minimum absolute atomic E-state index is 0.0218. The lowest BCUT2D eigenvalue weighted by molar-refractivity contribution is 0.0714. The summed E-state index contributed by atoms with van der Waals surface area (Å²) in [5, 5.41) is 7.65. The van der Waals surface area contributed by atoms with Crippen molar-refractivity contribution in [3.05, 3.63) is 48.3 Å². The zero-order valence-corrected chi connectivity index (χ0v) is 24.1. The third kappa shape index (κ3) is 5.72. The van der Waals surface area contributed by atoms with E-state index in [2.05, 4.69) is 47.4 Å². The standard InChI is InChI=1S/C30H42N8O2/c1-5-38(28-27(34-21(2)3)7-6-12-32-28)22-10-15-36(16-11-22)29(39)25-20-33-26-9-8-23(19-24(25)26)35(4)30(40)37-17-13-31-14-18-37/h6-9,12,19-22,31,33-34H,5,10-11,13-18H2,1-4H3. The Morgan fingerprint density at radius 3 is 2.55 bits per heavy atom. The van der Waals surface area contributed by atoms with Crippen molar-refractivity contribution >= 4 is 40.0 Å². The number of amides is 3. The minimum atomic E-state index is -0.0218. The van der Waals surface area contributed by atoms with Crippen molar-refractivity contribution in [2.75, 3.05) is 68.0 Å². The molecule has 0 spiro atoms. The maximum absolute atomic E-state index is 13.7. The van der Waals surface area contributed by atoms with E-state index in [1.165, 1.54) is 0 Å². The van der Waals surface area contributed by atoms with Crippen LogP contribution in [0.3, 0.4) is 0 Å². The lowest BCUT2D eigenvalue weighted by Crippen LogP contribution is -2.50. The highest BCUT2D eigenvalue weighted by molar-refractivity contribution is 6.08. The summed E-state index contributed by atoms with van der Waals surface area (Å²) in [5.41, 5.74) is 3.37. The highest BCUT2D eigenvalue weighted by Gasteiger charge is 2.30. The molecule has 2 aliphatic rings. The predicted octanol–water partition coefficient (Wildman–Crippen LogP) is 3.98. The summed E-state index contributed by atoms with van der Waals surface area (Å²) < 4.78 is 0. The summed E-state index contributed by atoms with van der Waals surface area (Å²) in [4.78, 5) is 42.6. The second-order valence-electron chi connectivity index (χ2n) is 11.0. The maximum Gasteiger partial charge on any atom is 0.324 e. The third-order valence-electron chi connectivity index (χ3n) is 7.99. The van der Waals surface area contributed by atoms with Crippen LogP contribution in [0.2, 0.25) is 0 Å². The zero-order valence-electron chi connectivity index (χ0n) is 24.1. The number of carbonyl (C=O) groups excluding carboxylic acids is 2. The number of nitrogens with one attached hydrogen (secondary N) is 3. The minimum Gasteiger partial charge on any atom is -0.380 e. The topological polar surface area (TPSA) is 99.8 Å². The van der Waals surface area contributed by atoms with E-state index in [1.807, 2.05) is 40.3 Å². The highest BCUT2D eigenvalue weighted by atomic mass is 16.2. The number of hydrogen-bond acceptors (Lipinski definition) is 6. The summed E-state index contributed by atoms with van der Waals surface area (Å²) in [7, 11) is 1.80. The molecule has 40 heavy (non-hydrogen) atoms. The van der Waals surface area contributed by atoms with Crippen LogP contribution in [0.15, 0.2) is 42.7 Å². The number of pyridine rings is 1. The Morgan fingerprint density at radius 1 is 1.10 bits per heavy atom. The van der Waals surface area contributed by atoms with Gasteiger partial charge >= 0.3 is 6.03 Å². The Kier molecular flexibility index (Phi) is 8.44. The number of H-pyrrole nitrogens is 1. The van der Waals surface area contributed by atoms with Crippen molar-refractivity contribution in [1.82, 2.24) is 25.1 Å². The van der Waals surface area contributed by atoms with E-state index in [4.69, 9.17) is 4.98 Å². The second kappa shape index (κ2) is 12.2. The summed E-state index contributed by atoms with van der Waals surface area (Å²) in [6.45, 7) is 11.7. The molecule has 0 unspecified atom stereocenters. The molecule has 10 heteroatoms. The fourth-order valence-corrected chi connectivity index (χ4v) is 5.85. The molecule has 2 fully saturated rings. The molecule has 3 aromatic rings. The molecule has 5 rings (SSSR count). The van der Waals surface area contributed by atoms with Crippen LogP contribution in [0, 0.1) is 0 Å². The van der Waals surface area contributed by atoms with Crippen LogP contribution in [-0.2, 0) is 0 Å². The molecule has 0 bridgehead atoms. The van der Waals surface area contributed by atoms with Crippen molar-refractivity contribution in [2.24, 2.45) is 0 Å². The number of piperazine rings is 1. The van der Waals surface area contributed by atoms with E-state index >= 15 is 0 Å². The van der Waals surface area contributed by atoms with Gasteiger partial charge in [-0.2, -0.15) is 0 Å². The van der Waals surface area contributed by atoms with Crippen LogP contribution < -0.4 is 20.4 Å². The van der Waals surface area contributed by atoms with E-state index in [0.717, 1.165) is 60.6 Å². The lowest BCUT2D eigenvalue weighted by Gasteiger charge is -2.39. The highest BCUT2D eigenvalue weighted by Crippen LogP contribution is 2.30. The molecular weight excluding hydrogens is 504 g/mol. The fraction of sp³-hybridized carbons (Fsp3) is 0.500. The van der Waals surface area contributed by atoms with E-state index < -0.39 is 0 Å². The van der Waals surface area contributed by atoms with Crippen molar-refractivity contribution in [2.45, 2.75) is 45.7 Å². The van der Waals surface area contributed by atoms with E-state index in [1.54, 1.807) is 18.1 Å². The van der Waals surface area contributed by atoms with Gasteiger partial charge in [0, 0.05) is 93.9 Å². The van der Waals surface area contributed by atoms with Gasteiger partial charge < -0.3 is 30.3 Å². The van der Waals surface area contributed by atoms with Gasteiger partial charge in [0.15, 0.2) is 5.82 Å². The van der Waals surface area contributed by atoms with Crippen LogP contribution in [0.4, 0.5) is 22.0 Å². The molecule has 0 atom stereocenters. The lowest BCUT2D eigenvalue weighted by atomic mass is 10.0. The molecule has 3 amide bonds. The molecule has 10 nitrogen and oxygen atoms in total. The van der Waals surface area contributed by atoms with Crippen LogP contribution in [0.5, 0.6) is 0 Å². The molecule has 0 radical (unpaired) electrons. The van der Waals surface area contributed by atoms with Crippen LogP contribution >= 0.6 is 0 Å². The first-order valence-electron chi connectivity index (χ1n) is 14.5. The molecule has 2 aromatic heterocycles. The number of aromatic nitrogens is 2. The number of piperidine rings is 1. The Balaban J connectivity index is 1.28. The molecule has 0 saturated carbocycles. The van der Waals surface area contributed by atoms with Crippen molar-refractivity contribution < 1.29 is 9.59 Å². The van der Waals surface area contributed by atoms with Crippen LogP contribution in [-0.4, -0.2) is 96.7 Å². The van der Waals surface area contributed by atoms with E-state index in [9.17, 15) is 9.59 Å². The average molecular weight is 547 g/mol. The quantitative estimate of drug-likeness (QED) is 0.415. The first-order valence-corrected chi connectivity index (χ1v) is 14.5. The summed E-state index contributed by atoms with van der Waals surface area (Å²) in [6.07, 6.45) is 5.42. The van der Waals surface area contributed by atoms with Gasteiger partial charge in [0.05, 0.1) is 11.3 Å². The number of hydrogen-bond donors (Lipinski definition) is 3. The SMILES string of the molecule is CCN(c1ncccc1NC(C)C)C1CCN(C(=O)c2c[nH]c3ccc(N(C)C(=O)N4CCNCC4)cc23)CC1. The number of fused-ring (bicyclic) bond motifs is 1. The Morgan fingerprint density at radius 2 is 1.85 bits per heavy atom. The van der Waals surface area contributed by atoms with Gasteiger partial charge in [-0.05, 0) is 63.9 Å². The second-order valence-corrected chi connectivity index (χ2v) is 11.0. The number of carbonyl (C=O) groups is 2. The normalized spacial score (nSPS) is 16.4. The van der Waals surface area contributed by atoms with Crippen LogP contribution in [0.1, 0.15) is 44.0 Å². The number of nitrogens with zero attached hydrogens (tertiary/aromatic N) is 5. The largest absolute Gasteiger partial charge is 0.380 e. The summed E-state index contributed by atoms with van der Waals surface area (Å²) >= 11 is 0. The monoisotopic (exact) mass is 546 g/mol. The van der Waals surface area contributed by atoms with E-state index in [-0.39, 0.29) is 11.9 Å². The molecule has 4 heterocycles. The maximum atomic E-state index is 13.7. The number of aromatic amines is 1. The van der Waals surface area contributed by atoms with Gasteiger partial charge in [-0.3, -0.25) is 9.69 Å². The Hall–Kier alpha value is -3.79. The van der Waals surface area contributed by atoms with Crippen molar-refractivity contribution in [1.29, 1.82) is 0 Å².